The second kappa shape index (κ2) is 3.58. The van der Waals surface area contributed by atoms with Gasteiger partial charge in [-0.1, -0.05) is 0 Å². The van der Waals surface area contributed by atoms with Gasteiger partial charge in [-0.3, -0.25) is 4.68 Å². The van der Waals surface area contributed by atoms with Crippen LogP contribution < -0.4 is 5.32 Å². The second-order valence-electron chi connectivity index (χ2n) is 3.90. The van der Waals surface area contributed by atoms with Crippen LogP contribution in [0.4, 0.5) is 11.6 Å². The van der Waals surface area contributed by atoms with E-state index in [1.807, 2.05) is 32.4 Å². The molecule has 17 heavy (non-hydrogen) atoms. The molecule has 0 aliphatic heterocycles. The van der Waals surface area contributed by atoms with Crippen LogP contribution in [0.1, 0.15) is 5.69 Å². The van der Waals surface area contributed by atoms with Crippen molar-refractivity contribution in [2.45, 2.75) is 6.92 Å². The van der Waals surface area contributed by atoms with Crippen LogP contribution in [0.5, 0.6) is 0 Å². The Balaban J connectivity index is 2.00. The number of H-pyrrole nitrogens is 1. The van der Waals surface area contributed by atoms with Gasteiger partial charge >= 0.3 is 0 Å². The normalized spacial score (nSPS) is 10.9. The van der Waals surface area contributed by atoms with Crippen molar-refractivity contribution in [1.29, 1.82) is 0 Å². The quantitative estimate of drug-likeness (QED) is 0.700. The molecule has 6 nitrogen and oxygen atoms in total. The summed E-state index contributed by atoms with van der Waals surface area (Å²) in [6.45, 7) is 1.96. The Morgan fingerprint density at radius 1 is 1.35 bits per heavy atom. The number of fused-ring (bicyclic) bond motifs is 1. The van der Waals surface area contributed by atoms with E-state index in [2.05, 4.69) is 25.4 Å². The monoisotopic (exact) mass is 228 g/mol. The Bertz CT molecular complexity index is 665. The molecular formula is C11H12N6. The van der Waals surface area contributed by atoms with E-state index in [1.54, 1.807) is 10.9 Å². The Hall–Kier alpha value is -2.37. The third kappa shape index (κ3) is 1.73. The largest absolute Gasteiger partial charge is 0.346 e. The molecule has 3 rings (SSSR count). The maximum Gasteiger partial charge on any atom is 0.229 e. The fourth-order valence-electron chi connectivity index (χ4n) is 1.77. The van der Waals surface area contributed by atoms with E-state index in [4.69, 9.17) is 0 Å². The highest BCUT2D eigenvalue weighted by Crippen LogP contribution is 2.17. The summed E-state index contributed by atoms with van der Waals surface area (Å²) < 4.78 is 1.72. The van der Waals surface area contributed by atoms with E-state index in [1.165, 1.54) is 0 Å². The Morgan fingerprint density at radius 2 is 2.24 bits per heavy atom. The molecule has 0 spiro atoms. The first-order valence-electron chi connectivity index (χ1n) is 5.30. The SMILES string of the molecule is Cc1nc(Nc2cnn(C)c2)nc2[nH]ccc12. The molecule has 6 heteroatoms. The number of rotatable bonds is 2. The van der Waals surface area contributed by atoms with Crippen LogP contribution in [0, 0.1) is 6.92 Å². The van der Waals surface area contributed by atoms with Gasteiger partial charge in [0.25, 0.3) is 0 Å². The van der Waals surface area contributed by atoms with E-state index in [9.17, 15) is 0 Å². The molecule has 0 unspecified atom stereocenters. The van der Waals surface area contributed by atoms with E-state index < -0.39 is 0 Å². The minimum absolute atomic E-state index is 0.574. The first kappa shape index (κ1) is 9.83. The number of aromatic amines is 1. The van der Waals surface area contributed by atoms with Crippen LogP contribution in [0.15, 0.2) is 24.7 Å². The lowest BCUT2D eigenvalue weighted by Gasteiger charge is -2.03. The van der Waals surface area contributed by atoms with E-state index in [0.29, 0.717) is 5.95 Å². The van der Waals surface area contributed by atoms with Crippen molar-refractivity contribution in [2.24, 2.45) is 7.05 Å². The van der Waals surface area contributed by atoms with Gasteiger partial charge in [0.15, 0.2) is 0 Å². The maximum atomic E-state index is 4.40. The molecule has 0 bridgehead atoms. The van der Waals surface area contributed by atoms with E-state index in [-0.39, 0.29) is 0 Å². The zero-order valence-corrected chi connectivity index (χ0v) is 9.60. The summed E-state index contributed by atoms with van der Waals surface area (Å²) in [5.41, 5.74) is 2.66. The van der Waals surface area contributed by atoms with Gasteiger partial charge < -0.3 is 10.3 Å². The van der Waals surface area contributed by atoms with Gasteiger partial charge in [-0.2, -0.15) is 10.1 Å². The Morgan fingerprint density at radius 3 is 3.00 bits per heavy atom. The van der Waals surface area contributed by atoms with Crippen molar-refractivity contribution in [1.82, 2.24) is 24.7 Å². The lowest BCUT2D eigenvalue weighted by molar-refractivity contribution is 0.768. The third-order valence-electron chi connectivity index (χ3n) is 2.57. The highest BCUT2D eigenvalue weighted by molar-refractivity contribution is 5.79. The van der Waals surface area contributed by atoms with Crippen LogP contribution >= 0.6 is 0 Å². The van der Waals surface area contributed by atoms with Gasteiger partial charge in [-0.05, 0) is 13.0 Å². The molecule has 0 fully saturated rings. The average Bonchev–Trinajstić information content (AvgIpc) is 2.87. The summed E-state index contributed by atoms with van der Waals surface area (Å²) in [6.07, 6.45) is 5.47. The fraction of sp³-hybridized carbons (Fsp3) is 0.182. The van der Waals surface area contributed by atoms with Crippen molar-refractivity contribution in [3.05, 3.63) is 30.4 Å². The molecule has 0 radical (unpaired) electrons. The summed E-state index contributed by atoms with van der Waals surface area (Å²) in [7, 11) is 1.87. The summed E-state index contributed by atoms with van der Waals surface area (Å²) in [6, 6.07) is 1.97. The smallest absolute Gasteiger partial charge is 0.229 e. The summed E-state index contributed by atoms with van der Waals surface area (Å²) in [5.74, 6) is 0.574. The molecule has 0 aliphatic carbocycles. The molecule has 0 saturated heterocycles. The molecular weight excluding hydrogens is 216 g/mol. The minimum atomic E-state index is 0.574. The summed E-state index contributed by atoms with van der Waals surface area (Å²) >= 11 is 0. The summed E-state index contributed by atoms with van der Waals surface area (Å²) in [4.78, 5) is 11.9. The summed E-state index contributed by atoms with van der Waals surface area (Å²) in [5, 5.41) is 8.24. The van der Waals surface area contributed by atoms with Crippen molar-refractivity contribution >= 4 is 22.7 Å². The predicted octanol–water partition coefficient (Wildman–Crippen LogP) is 1.74. The molecule has 0 saturated carbocycles. The minimum Gasteiger partial charge on any atom is -0.346 e. The lowest BCUT2D eigenvalue weighted by Crippen LogP contribution is -1.98. The highest BCUT2D eigenvalue weighted by atomic mass is 15.3. The molecule has 86 valence electrons. The number of hydrogen-bond acceptors (Lipinski definition) is 4. The first-order valence-corrected chi connectivity index (χ1v) is 5.30. The zero-order valence-electron chi connectivity index (χ0n) is 9.60. The molecule has 0 atom stereocenters. The van der Waals surface area contributed by atoms with Crippen LogP contribution in [0.25, 0.3) is 11.0 Å². The standard InChI is InChI=1S/C11H12N6/c1-7-9-3-4-12-10(9)16-11(14-7)15-8-5-13-17(2)6-8/h3-6H,1-2H3,(H2,12,14,15,16). The lowest BCUT2D eigenvalue weighted by atomic mass is 10.3. The van der Waals surface area contributed by atoms with Crippen LogP contribution in [-0.2, 0) is 7.05 Å². The number of hydrogen-bond donors (Lipinski definition) is 2. The molecule has 3 heterocycles. The number of nitrogens with zero attached hydrogens (tertiary/aromatic N) is 4. The third-order valence-corrected chi connectivity index (χ3v) is 2.57. The Labute approximate surface area is 97.7 Å². The average molecular weight is 228 g/mol. The molecule has 0 aromatic carbocycles. The van der Waals surface area contributed by atoms with Gasteiger partial charge in [0.2, 0.25) is 5.95 Å². The molecule has 0 aliphatic rings. The van der Waals surface area contributed by atoms with Gasteiger partial charge in [-0.15, -0.1) is 0 Å². The molecule has 3 aromatic rings. The zero-order chi connectivity index (χ0) is 11.8. The fourth-order valence-corrected chi connectivity index (χ4v) is 1.77. The first-order chi connectivity index (χ1) is 8.22. The van der Waals surface area contributed by atoms with Gasteiger partial charge in [-0.25, -0.2) is 4.98 Å². The highest BCUT2D eigenvalue weighted by Gasteiger charge is 2.05. The Kier molecular flexibility index (Phi) is 2.07. The molecule has 0 amide bonds. The van der Waals surface area contributed by atoms with Crippen molar-refractivity contribution < 1.29 is 0 Å². The van der Waals surface area contributed by atoms with Gasteiger partial charge in [0.05, 0.1) is 17.6 Å². The van der Waals surface area contributed by atoms with E-state index >= 15 is 0 Å². The van der Waals surface area contributed by atoms with Crippen molar-refractivity contribution in [2.75, 3.05) is 5.32 Å². The van der Waals surface area contributed by atoms with Gasteiger partial charge in [0, 0.05) is 24.8 Å². The van der Waals surface area contributed by atoms with Crippen molar-refractivity contribution in [3.8, 4) is 0 Å². The molecule has 3 aromatic heterocycles. The number of aryl methyl sites for hydroxylation is 2. The number of nitrogens with one attached hydrogen (secondary N) is 2. The van der Waals surface area contributed by atoms with E-state index in [0.717, 1.165) is 22.4 Å². The van der Waals surface area contributed by atoms with Crippen LogP contribution in [0.2, 0.25) is 0 Å². The van der Waals surface area contributed by atoms with Crippen molar-refractivity contribution in [3.63, 3.8) is 0 Å². The van der Waals surface area contributed by atoms with Crippen LogP contribution in [-0.4, -0.2) is 24.7 Å². The number of anilines is 2. The number of aromatic nitrogens is 5. The predicted molar refractivity (Wildman–Crippen MR) is 65.1 cm³/mol. The van der Waals surface area contributed by atoms with Gasteiger partial charge in [0.1, 0.15) is 5.65 Å². The second-order valence-corrected chi connectivity index (χ2v) is 3.90. The maximum absolute atomic E-state index is 4.40. The van der Waals surface area contributed by atoms with Crippen LogP contribution in [0.3, 0.4) is 0 Å². The molecule has 2 N–H and O–H groups in total. The topological polar surface area (TPSA) is 71.4 Å².